The predicted molar refractivity (Wildman–Crippen MR) is 108 cm³/mol. The summed E-state index contributed by atoms with van der Waals surface area (Å²) in [6.07, 6.45) is 3.45. The van der Waals surface area contributed by atoms with Gasteiger partial charge in [0.05, 0.1) is 33.0 Å². The molecule has 0 saturated carbocycles. The summed E-state index contributed by atoms with van der Waals surface area (Å²) in [6.45, 7) is 10.6. The SMILES string of the molecule is Cc1c(C)c(C)c(N=Cc2c(O)[nH]c3ncc4ncsc4c23)c(C)c1C. The zero-order chi connectivity index (χ0) is 18.6. The molecule has 0 radical (unpaired) electrons. The molecule has 26 heavy (non-hydrogen) atoms. The van der Waals surface area contributed by atoms with E-state index in [0.717, 1.165) is 21.3 Å². The Labute approximate surface area is 155 Å². The van der Waals surface area contributed by atoms with E-state index in [-0.39, 0.29) is 5.88 Å². The fourth-order valence-corrected chi connectivity index (χ4v) is 4.23. The third kappa shape index (κ3) is 2.33. The van der Waals surface area contributed by atoms with Crippen LogP contribution in [0, 0.1) is 34.6 Å². The molecule has 0 bridgehead atoms. The maximum absolute atomic E-state index is 10.4. The Morgan fingerprint density at radius 3 is 2.35 bits per heavy atom. The lowest BCUT2D eigenvalue weighted by Gasteiger charge is -2.15. The van der Waals surface area contributed by atoms with Gasteiger partial charge in [-0.05, 0) is 62.4 Å². The molecule has 132 valence electrons. The van der Waals surface area contributed by atoms with E-state index in [1.807, 2.05) is 0 Å². The molecule has 0 saturated heterocycles. The second-order valence-corrected chi connectivity index (χ2v) is 7.52. The summed E-state index contributed by atoms with van der Waals surface area (Å²) in [5, 5.41) is 11.3. The number of aromatic amines is 1. The Hall–Kier alpha value is -2.73. The van der Waals surface area contributed by atoms with Gasteiger partial charge >= 0.3 is 0 Å². The highest BCUT2D eigenvalue weighted by molar-refractivity contribution is 7.17. The Kier molecular flexibility index (Phi) is 3.80. The van der Waals surface area contributed by atoms with Gasteiger partial charge < -0.3 is 10.1 Å². The Balaban J connectivity index is 1.94. The zero-order valence-electron chi connectivity index (χ0n) is 15.4. The first-order valence-electron chi connectivity index (χ1n) is 8.44. The number of hydrogen-bond donors (Lipinski definition) is 2. The van der Waals surface area contributed by atoms with Gasteiger partial charge in [-0.25, -0.2) is 9.97 Å². The number of fused-ring (bicyclic) bond motifs is 3. The number of nitrogens with one attached hydrogen (secondary N) is 1. The quantitative estimate of drug-likeness (QED) is 0.482. The lowest BCUT2D eigenvalue weighted by molar-refractivity contribution is 0.457. The minimum Gasteiger partial charge on any atom is -0.494 e. The molecule has 4 aromatic rings. The number of benzene rings is 1. The molecule has 0 aliphatic carbocycles. The summed E-state index contributed by atoms with van der Waals surface area (Å²) in [6, 6.07) is 0. The Bertz CT molecular complexity index is 1170. The van der Waals surface area contributed by atoms with E-state index in [1.165, 1.54) is 39.2 Å². The topological polar surface area (TPSA) is 74.2 Å². The van der Waals surface area contributed by atoms with Crippen molar-refractivity contribution in [1.82, 2.24) is 15.0 Å². The second-order valence-electron chi connectivity index (χ2n) is 6.67. The van der Waals surface area contributed by atoms with Crippen LogP contribution in [0.4, 0.5) is 5.69 Å². The maximum Gasteiger partial charge on any atom is 0.199 e. The van der Waals surface area contributed by atoms with Crippen LogP contribution < -0.4 is 0 Å². The lowest BCUT2D eigenvalue weighted by atomic mass is 9.93. The van der Waals surface area contributed by atoms with Crippen molar-refractivity contribution in [2.75, 3.05) is 0 Å². The highest BCUT2D eigenvalue weighted by Crippen LogP contribution is 2.35. The van der Waals surface area contributed by atoms with Crippen LogP contribution in [0.2, 0.25) is 0 Å². The Morgan fingerprint density at radius 2 is 1.65 bits per heavy atom. The molecule has 0 aliphatic heterocycles. The summed E-state index contributed by atoms with van der Waals surface area (Å²) < 4.78 is 0.998. The molecular weight excluding hydrogens is 344 g/mol. The van der Waals surface area contributed by atoms with Crippen LogP contribution in [0.1, 0.15) is 33.4 Å². The smallest absolute Gasteiger partial charge is 0.199 e. The van der Waals surface area contributed by atoms with Gasteiger partial charge in [-0.15, -0.1) is 11.3 Å². The first-order chi connectivity index (χ1) is 12.4. The van der Waals surface area contributed by atoms with Crippen LogP contribution in [0.5, 0.6) is 5.88 Å². The van der Waals surface area contributed by atoms with Crippen molar-refractivity contribution in [3.63, 3.8) is 0 Å². The molecule has 0 unspecified atom stereocenters. The number of aromatic hydroxyl groups is 1. The number of pyridine rings is 1. The number of rotatable bonds is 2. The van der Waals surface area contributed by atoms with Crippen LogP contribution in [0.15, 0.2) is 16.7 Å². The molecule has 5 nitrogen and oxygen atoms in total. The van der Waals surface area contributed by atoms with E-state index in [4.69, 9.17) is 4.99 Å². The van der Waals surface area contributed by atoms with Gasteiger partial charge in [-0.1, -0.05) is 0 Å². The number of hydrogen-bond acceptors (Lipinski definition) is 5. The molecule has 1 aromatic carbocycles. The number of thiazole rings is 1. The van der Waals surface area contributed by atoms with Gasteiger partial charge in [0.15, 0.2) is 5.88 Å². The molecule has 4 rings (SSSR count). The summed E-state index contributed by atoms with van der Waals surface area (Å²) in [7, 11) is 0. The van der Waals surface area contributed by atoms with Crippen LogP contribution in [0.25, 0.3) is 21.3 Å². The van der Waals surface area contributed by atoms with Crippen molar-refractivity contribution < 1.29 is 5.11 Å². The van der Waals surface area contributed by atoms with E-state index in [9.17, 15) is 5.11 Å². The van der Waals surface area contributed by atoms with E-state index < -0.39 is 0 Å². The highest BCUT2D eigenvalue weighted by Gasteiger charge is 2.16. The Morgan fingerprint density at radius 1 is 1.00 bits per heavy atom. The maximum atomic E-state index is 10.4. The van der Waals surface area contributed by atoms with Gasteiger partial charge in [0.25, 0.3) is 0 Å². The summed E-state index contributed by atoms with van der Waals surface area (Å²) in [5.41, 5.74) is 11.0. The van der Waals surface area contributed by atoms with Crippen molar-refractivity contribution in [3.05, 3.63) is 45.1 Å². The monoisotopic (exact) mass is 364 g/mol. The number of aliphatic imine (C=N–C) groups is 1. The molecule has 0 amide bonds. The standard InChI is InChI=1S/C20H20N4OS/c1-9-10(2)12(4)17(13(5)11(9)3)21-6-14-16-18-15(23-8-26-18)7-22-19(16)24-20(14)25/h6-8,25H,1-5H3,(H,22,24). The third-order valence-electron chi connectivity index (χ3n) is 5.42. The minimum absolute atomic E-state index is 0.0769. The van der Waals surface area contributed by atoms with Crippen LogP contribution >= 0.6 is 11.3 Å². The van der Waals surface area contributed by atoms with Crippen molar-refractivity contribution >= 4 is 44.5 Å². The van der Waals surface area contributed by atoms with E-state index in [0.29, 0.717) is 11.2 Å². The zero-order valence-corrected chi connectivity index (χ0v) is 16.2. The molecule has 3 heterocycles. The molecule has 2 N–H and O–H groups in total. The summed E-state index contributed by atoms with van der Waals surface area (Å²) in [4.78, 5) is 16.4. The molecule has 0 aliphatic rings. The minimum atomic E-state index is 0.0769. The van der Waals surface area contributed by atoms with Gasteiger partial charge in [-0.3, -0.25) is 4.99 Å². The summed E-state index contributed by atoms with van der Waals surface area (Å²) in [5.74, 6) is 0.0769. The molecule has 0 spiro atoms. The van der Waals surface area contributed by atoms with Crippen LogP contribution in [0.3, 0.4) is 0 Å². The van der Waals surface area contributed by atoms with Crippen molar-refractivity contribution in [2.45, 2.75) is 34.6 Å². The largest absolute Gasteiger partial charge is 0.494 e. The molecule has 0 fully saturated rings. The fourth-order valence-electron chi connectivity index (χ4n) is 3.40. The van der Waals surface area contributed by atoms with Gasteiger partial charge in [0.2, 0.25) is 0 Å². The van der Waals surface area contributed by atoms with Crippen LogP contribution in [-0.4, -0.2) is 26.3 Å². The number of H-pyrrole nitrogens is 1. The first-order valence-corrected chi connectivity index (χ1v) is 9.32. The molecule has 3 aromatic heterocycles. The average Bonchev–Trinajstić information content (AvgIpc) is 3.22. The molecular formula is C20H20N4OS. The summed E-state index contributed by atoms with van der Waals surface area (Å²) >= 11 is 1.54. The highest BCUT2D eigenvalue weighted by atomic mass is 32.1. The average molecular weight is 364 g/mol. The fraction of sp³-hybridized carbons (Fsp3) is 0.250. The van der Waals surface area contributed by atoms with Crippen LogP contribution in [-0.2, 0) is 0 Å². The van der Waals surface area contributed by atoms with Crippen molar-refractivity contribution in [3.8, 4) is 5.88 Å². The van der Waals surface area contributed by atoms with E-state index in [2.05, 4.69) is 49.6 Å². The van der Waals surface area contributed by atoms with E-state index in [1.54, 1.807) is 17.9 Å². The van der Waals surface area contributed by atoms with Gasteiger partial charge in [0, 0.05) is 6.21 Å². The first kappa shape index (κ1) is 16.7. The lowest BCUT2D eigenvalue weighted by Crippen LogP contribution is -1.96. The van der Waals surface area contributed by atoms with Crippen molar-refractivity contribution in [1.29, 1.82) is 0 Å². The van der Waals surface area contributed by atoms with Crippen molar-refractivity contribution in [2.24, 2.45) is 4.99 Å². The van der Waals surface area contributed by atoms with Gasteiger partial charge in [-0.2, -0.15) is 0 Å². The number of aromatic nitrogens is 3. The second kappa shape index (κ2) is 5.92. The number of nitrogens with zero attached hydrogens (tertiary/aromatic N) is 3. The molecule has 6 heteroatoms. The van der Waals surface area contributed by atoms with E-state index >= 15 is 0 Å². The third-order valence-corrected chi connectivity index (χ3v) is 6.28. The normalized spacial score (nSPS) is 12.0. The predicted octanol–water partition coefficient (Wildman–Crippen LogP) is 5.17. The van der Waals surface area contributed by atoms with Gasteiger partial charge in [0.1, 0.15) is 11.2 Å². The molecule has 0 atom stereocenters.